The van der Waals surface area contributed by atoms with Crippen LogP contribution in [0.5, 0.6) is 0 Å². The Bertz CT molecular complexity index is 425. The molecule has 1 aromatic rings. The fourth-order valence-electron chi connectivity index (χ4n) is 2.53. The van der Waals surface area contributed by atoms with Crippen LogP contribution in [0.2, 0.25) is 0 Å². The fourth-order valence-corrected chi connectivity index (χ4v) is 2.53. The first-order chi connectivity index (χ1) is 9.69. The normalized spacial score (nSPS) is 18.1. The molecule has 0 aromatic heterocycles. The highest BCUT2D eigenvalue weighted by molar-refractivity contribution is 5.76. The summed E-state index contributed by atoms with van der Waals surface area (Å²) < 4.78 is 5.56. The number of ether oxygens (including phenoxy) is 1. The summed E-state index contributed by atoms with van der Waals surface area (Å²) in [5, 5.41) is 0. The van der Waals surface area contributed by atoms with Gasteiger partial charge in [-0.25, -0.2) is 0 Å². The average Bonchev–Trinajstić information content (AvgIpc) is 2.97. The van der Waals surface area contributed by atoms with Crippen molar-refractivity contribution in [1.82, 2.24) is 4.90 Å². The van der Waals surface area contributed by atoms with E-state index in [1.165, 1.54) is 0 Å². The molecule has 0 spiro atoms. The van der Waals surface area contributed by atoms with Crippen LogP contribution in [0.25, 0.3) is 0 Å². The first-order valence-corrected chi connectivity index (χ1v) is 7.43. The van der Waals surface area contributed by atoms with Crippen LogP contribution in [-0.4, -0.2) is 30.1 Å². The Kier molecular flexibility index (Phi) is 5.41. The molecule has 1 atom stereocenters. The second-order valence-corrected chi connectivity index (χ2v) is 5.32. The number of hydrogen-bond donors (Lipinski definition) is 1. The number of anilines is 1. The van der Waals surface area contributed by atoms with Crippen molar-refractivity contribution in [3.05, 3.63) is 29.8 Å². The van der Waals surface area contributed by atoms with E-state index >= 15 is 0 Å². The number of nitrogens with zero attached hydrogens (tertiary/aromatic N) is 1. The molecule has 1 aliphatic rings. The molecule has 1 heterocycles. The zero-order chi connectivity index (χ0) is 14.4. The van der Waals surface area contributed by atoms with E-state index in [0.717, 1.165) is 43.7 Å². The SMILES string of the molecule is CCN(Cc1ccc(N)cc1)C(=O)CCC1CCCO1. The smallest absolute Gasteiger partial charge is 0.222 e. The minimum atomic E-state index is 0.208. The van der Waals surface area contributed by atoms with Crippen LogP contribution >= 0.6 is 0 Å². The minimum Gasteiger partial charge on any atom is -0.399 e. The summed E-state index contributed by atoms with van der Waals surface area (Å²) in [6.07, 6.45) is 3.93. The lowest BCUT2D eigenvalue weighted by atomic mass is 10.1. The Labute approximate surface area is 120 Å². The van der Waals surface area contributed by atoms with Gasteiger partial charge < -0.3 is 15.4 Å². The van der Waals surface area contributed by atoms with Crippen LogP contribution in [0.1, 0.15) is 38.2 Å². The Hall–Kier alpha value is -1.55. The van der Waals surface area contributed by atoms with E-state index in [0.29, 0.717) is 13.0 Å². The van der Waals surface area contributed by atoms with Gasteiger partial charge in [-0.2, -0.15) is 0 Å². The average molecular weight is 276 g/mol. The summed E-state index contributed by atoms with van der Waals surface area (Å²) in [6, 6.07) is 7.71. The van der Waals surface area contributed by atoms with Crippen LogP contribution in [0.3, 0.4) is 0 Å². The highest BCUT2D eigenvalue weighted by Gasteiger charge is 2.19. The third kappa shape index (κ3) is 4.23. The summed E-state index contributed by atoms with van der Waals surface area (Å²) in [5.74, 6) is 0.208. The van der Waals surface area contributed by atoms with Gasteiger partial charge in [-0.3, -0.25) is 4.79 Å². The Morgan fingerprint density at radius 2 is 2.15 bits per heavy atom. The fraction of sp³-hybridized carbons (Fsp3) is 0.562. The number of carbonyl (C=O) groups excluding carboxylic acids is 1. The molecular weight excluding hydrogens is 252 g/mol. The van der Waals surface area contributed by atoms with Gasteiger partial charge >= 0.3 is 0 Å². The molecule has 1 aliphatic heterocycles. The van der Waals surface area contributed by atoms with Crippen molar-refractivity contribution in [2.24, 2.45) is 0 Å². The number of nitrogen functional groups attached to an aromatic ring is 1. The third-order valence-corrected chi connectivity index (χ3v) is 3.79. The van der Waals surface area contributed by atoms with Crippen molar-refractivity contribution in [1.29, 1.82) is 0 Å². The topological polar surface area (TPSA) is 55.6 Å². The molecule has 110 valence electrons. The Morgan fingerprint density at radius 1 is 1.40 bits per heavy atom. The van der Waals surface area contributed by atoms with E-state index in [-0.39, 0.29) is 12.0 Å². The number of hydrogen-bond acceptors (Lipinski definition) is 3. The highest BCUT2D eigenvalue weighted by atomic mass is 16.5. The molecule has 1 saturated heterocycles. The largest absolute Gasteiger partial charge is 0.399 e. The van der Waals surface area contributed by atoms with Crippen molar-refractivity contribution in [3.63, 3.8) is 0 Å². The standard InChI is InChI=1S/C16H24N2O2/c1-2-18(12-13-5-7-14(17)8-6-13)16(19)10-9-15-4-3-11-20-15/h5-8,15H,2-4,9-12,17H2,1H3. The van der Waals surface area contributed by atoms with Gasteiger partial charge in [-0.15, -0.1) is 0 Å². The van der Waals surface area contributed by atoms with E-state index in [2.05, 4.69) is 0 Å². The summed E-state index contributed by atoms with van der Waals surface area (Å²) in [7, 11) is 0. The van der Waals surface area contributed by atoms with Crippen molar-refractivity contribution < 1.29 is 9.53 Å². The molecule has 2 N–H and O–H groups in total. The lowest BCUT2D eigenvalue weighted by Crippen LogP contribution is -2.30. The molecule has 1 amide bonds. The van der Waals surface area contributed by atoms with Gasteiger partial charge in [0.25, 0.3) is 0 Å². The second kappa shape index (κ2) is 7.29. The number of benzene rings is 1. The number of carbonyl (C=O) groups is 1. The van der Waals surface area contributed by atoms with Crippen LogP contribution in [0.4, 0.5) is 5.69 Å². The summed E-state index contributed by atoms with van der Waals surface area (Å²) in [5.41, 5.74) is 7.54. The molecule has 20 heavy (non-hydrogen) atoms. The van der Waals surface area contributed by atoms with Crippen molar-refractivity contribution in [3.8, 4) is 0 Å². The van der Waals surface area contributed by atoms with Crippen molar-refractivity contribution >= 4 is 11.6 Å². The molecule has 0 radical (unpaired) electrons. The second-order valence-electron chi connectivity index (χ2n) is 5.32. The summed E-state index contributed by atoms with van der Waals surface area (Å²) >= 11 is 0. The van der Waals surface area contributed by atoms with Crippen molar-refractivity contribution in [2.75, 3.05) is 18.9 Å². The molecule has 1 aromatic carbocycles. The van der Waals surface area contributed by atoms with Crippen LogP contribution in [-0.2, 0) is 16.1 Å². The third-order valence-electron chi connectivity index (χ3n) is 3.79. The lowest BCUT2D eigenvalue weighted by Gasteiger charge is -2.22. The minimum absolute atomic E-state index is 0.208. The number of nitrogens with two attached hydrogens (primary N) is 1. The van der Waals surface area contributed by atoms with Gasteiger partial charge in [-0.1, -0.05) is 12.1 Å². The molecule has 1 fully saturated rings. The molecular formula is C16H24N2O2. The Balaban J connectivity index is 1.83. The van der Waals surface area contributed by atoms with Gasteiger partial charge in [0.1, 0.15) is 0 Å². The van der Waals surface area contributed by atoms with Gasteiger partial charge in [-0.05, 0) is 43.9 Å². The van der Waals surface area contributed by atoms with E-state index in [1.807, 2.05) is 36.1 Å². The molecule has 1 unspecified atom stereocenters. The first kappa shape index (κ1) is 14.9. The first-order valence-electron chi connectivity index (χ1n) is 7.43. The zero-order valence-electron chi connectivity index (χ0n) is 12.2. The number of rotatable bonds is 6. The molecule has 4 heteroatoms. The maximum absolute atomic E-state index is 12.2. The van der Waals surface area contributed by atoms with Crippen LogP contribution in [0.15, 0.2) is 24.3 Å². The Morgan fingerprint density at radius 3 is 2.75 bits per heavy atom. The van der Waals surface area contributed by atoms with E-state index in [9.17, 15) is 4.79 Å². The number of amides is 1. The van der Waals surface area contributed by atoms with Gasteiger partial charge in [0.15, 0.2) is 0 Å². The van der Waals surface area contributed by atoms with Crippen molar-refractivity contribution in [2.45, 2.75) is 45.3 Å². The summed E-state index contributed by atoms with van der Waals surface area (Å²) in [6.45, 7) is 4.25. The monoisotopic (exact) mass is 276 g/mol. The predicted octanol–water partition coefficient (Wildman–Crippen LogP) is 2.58. The lowest BCUT2D eigenvalue weighted by molar-refractivity contribution is -0.132. The van der Waals surface area contributed by atoms with Crippen LogP contribution < -0.4 is 5.73 Å². The van der Waals surface area contributed by atoms with E-state index < -0.39 is 0 Å². The van der Waals surface area contributed by atoms with Crippen LogP contribution in [0, 0.1) is 0 Å². The quantitative estimate of drug-likeness (QED) is 0.812. The van der Waals surface area contributed by atoms with E-state index in [1.54, 1.807) is 0 Å². The molecule has 0 saturated carbocycles. The van der Waals surface area contributed by atoms with Gasteiger partial charge in [0.05, 0.1) is 6.10 Å². The van der Waals surface area contributed by atoms with Gasteiger partial charge in [0.2, 0.25) is 5.91 Å². The zero-order valence-corrected chi connectivity index (χ0v) is 12.2. The molecule has 0 aliphatic carbocycles. The summed E-state index contributed by atoms with van der Waals surface area (Å²) in [4.78, 5) is 14.1. The molecule has 2 rings (SSSR count). The maximum Gasteiger partial charge on any atom is 0.222 e. The maximum atomic E-state index is 12.2. The molecule has 0 bridgehead atoms. The van der Waals surface area contributed by atoms with E-state index in [4.69, 9.17) is 10.5 Å². The highest BCUT2D eigenvalue weighted by Crippen LogP contribution is 2.18. The van der Waals surface area contributed by atoms with Gasteiger partial charge in [0, 0.05) is 31.8 Å². The predicted molar refractivity (Wildman–Crippen MR) is 80.2 cm³/mol. The molecule has 4 nitrogen and oxygen atoms in total.